The summed E-state index contributed by atoms with van der Waals surface area (Å²) in [5.74, 6) is 4.40. The van der Waals surface area contributed by atoms with Crippen molar-refractivity contribution in [2.45, 2.75) is 0 Å². The van der Waals surface area contributed by atoms with Crippen molar-refractivity contribution in [1.82, 2.24) is 9.97 Å². The summed E-state index contributed by atoms with van der Waals surface area (Å²) >= 11 is 0. The van der Waals surface area contributed by atoms with Crippen LogP contribution in [0.15, 0.2) is 42.7 Å². The summed E-state index contributed by atoms with van der Waals surface area (Å²) in [4.78, 5) is 8.78. The smallest absolute Gasteiger partial charge is 0.163 e. The third-order valence-electron chi connectivity index (χ3n) is 4.29. The van der Waals surface area contributed by atoms with Gasteiger partial charge in [0, 0.05) is 36.4 Å². The van der Waals surface area contributed by atoms with Gasteiger partial charge in [0.05, 0.1) is 25.3 Å². The molecule has 3 rings (SSSR count). The fourth-order valence-corrected chi connectivity index (χ4v) is 2.84. The number of aromatic nitrogens is 2. The molecule has 3 N–H and O–H groups in total. The molecule has 0 aliphatic carbocycles. The Labute approximate surface area is 206 Å². The summed E-state index contributed by atoms with van der Waals surface area (Å²) in [5, 5.41) is 4.09. The number of benzene rings is 2. The van der Waals surface area contributed by atoms with Crippen LogP contribution < -0.4 is 20.5 Å². The van der Waals surface area contributed by atoms with Crippen LogP contribution in [0.4, 0.5) is 11.5 Å². The van der Waals surface area contributed by atoms with E-state index in [9.17, 15) is 0 Å². The molecule has 0 unspecified atom stereocenters. The second kappa shape index (κ2) is 15.1. The maximum atomic E-state index is 5.92. The predicted octanol–water partition coefficient (Wildman–Crippen LogP) is 3.58. The van der Waals surface area contributed by atoms with Crippen LogP contribution in [0.1, 0.15) is 5.56 Å². The molecule has 2 aromatic carbocycles. The molecule has 0 aliphatic heterocycles. The molecule has 0 radical (unpaired) electrons. The van der Waals surface area contributed by atoms with Gasteiger partial charge in [-0.1, -0.05) is 12.0 Å². The molecule has 8 nitrogen and oxygen atoms in total. The van der Waals surface area contributed by atoms with Crippen molar-refractivity contribution < 1.29 is 18.9 Å². The van der Waals surface area contributed by atoms with Gasteiger partial charge in [0.15, 0.2) is 11.5 Å². The van der Waals surface area contributed by atoms with Gasteiger partial charge >= 0.3 is 0 Å². The first kappa shape index (κ1) is 28.2. The van der Waals surface area contributed by atoms with Gasteiger partial charge in [-0.3, -0.25) is 0 Å². The molecule has 0 spiro atoms. The van der Waals surface area contributed by atoms with E-state index in [2.05, 4.69) is 21.2 Å². The molecule has 10 heteroatoms. The van der Waals surface area contributed by atoms with Crippen molar-refractivity contribution >= 4 is 47.2 Å². The Balaban J connectivity index is 0.00000272. The average molecular weight is 495 g/mol. The third-order valence-corrected chi connectivity index (χ3v) is 4.29. The molecule has 1 aromatic heterocycles. The van der Waals surface area contributed by atoms with Crippen LogP contribution in [0.5, 0.6) is 11.5 Å². The van der Waals surface area contributed by atoms with Crippen LogP contribution in [-0.2, 0) is 9.47 Å². The fraction of sp³-hybridized carbons (Fsp3) is 0.304. The SMILES string of the molecule is C#Cc1cccc(Nc2ncnc3cc(OCCOC)c(OCCOCCN)cc23)c1.Cl.Cl. The van der Waals surface area contributed by atoms with E-state index in [1.807, 2.05) is 36.4 Å². The lowest BCUT2D eigenvalue weighted by Crippen LogP contribution is -2.13. The zero-order valence-electron chi connectivity index (χ0n) is 18.3. The van der Waals surface area contributed by atoms with Gasteiger partial charge in [-0.05, 0) is 24.3 Å². The summed E-state index contributed by atoms with van der Waals surface area (Å²) in [5.41, 5.74) is 7.76. The molecule has 0 atom stereocenters. The number of hydrogen-bond donors (Lipinski definition) is 2. The predicted molar refractivity (Wildman–Crippen MR) is 134 cm³/mol. The molecule has 1 heterocycles. The van der Waals surface area contributed by atoms with Gasteiger partial charge in [-0.25, -0.2) is 9.97 Å². The number of fused-ring (bicyclic) bond motifs is 1. The Kier molecular flexibility index (Phi) is 12.9. The number of rotatable bonds is 12. The van der Waals surface area contributed by atoms with Crippen LogP contribution in [0, 0.1) is 12.3 Å². The van der Waals surface area contributed by atoms with Crippen LogP contribution in [0.25, 0.3) is 10.9 Å². The zero-order valence-corrected chi connectivity index (χ0v) is 19.9. The lowest BCUT2D eigenvalue weighted by molar-refractivity contribution is 0.102. The lowest BCUT2D eigenvalue weighted by Gasteiger charge is -2.15. The number of ether oxygens (including phenoxy) is 4. The zero-order chi connectivity index (χ0) is 21.9. The van der Waals surface area contributed by atoms with Crippen LogP contribution in [-0.4, -0.2) is 56.7 Å². The van der Waals surface area contributed by atoms with Crippen molar-refractivity contribution in [3.05, 3.63) is 48.3 Å². The number of nitrogens with two attached hydrogens (primary N) is 1. The summed E-state index contributed by atoms with van der Waals surface area (Å²) in [6, 6.07) is 11.2. The van der Waals surface area contributed by atoms with E-state index in [0.29, 0.717) is 62.4 Å². The van der Waals surface area contributed by atoms with Crippen LogP contribution in [0.2, 0.25) is 0 Å². The van der Waals surface area contributed by atoms with E-state index in [0.717, 1.165) is 16.6 Å². The Morgan fingerprint density at radius 1 is 0.970 bits per heavy atom. The van der Waals surface area contributed by atoms with Crippen LogP contribution in [0.3, 0.4) is 0 Å². The minimum Gasteiger partial charge on any atom is -0.487 e. The van der Waals surface area contributed by atoms with Gasteiger partial charge in [-0.2, -0.15) is 0 Å². The fourth-order valence-electron chi connectivity index (χ4n) is 2.84. The molecule has 0 aliphatic rings. The molecule has 33 heavy (non-hydrogen) atoms. The maximum Gasteiger partial charge on any atom is 0.163 e. The highest BCUT2D eigenvalue weighted by molar-refractivity contribution is 5.93. The number of anilines is 2. The lowest BCUT2D eigenvalue weighted by atomic mass is 10.2. The normalized spacial score (nSPS) is 9.97. The maximum absolute atomic E-state index is 5.92. The summed E-state index contributed by atoms with van der Waals surface area (Å²) in [6.07, 6.45) is 7.00. The number of terminal acetylenes is 1. The van der Waals surface area contributed by atoms with Crippen molar-refractivity contribution in [2.24, 2.45) is 5.73 Å². The molecule has 0 saturated heterocycles. The first-order valence-corrected chi connectivity index (χ1v) is 9.90. The van der Waals surface area contributed by atoms with E-state index in [1.54, 1.807) is 7.11 Å². The van der Waals surface area contributed by atoms with E-state index >= 15 is 0 Å². The second-order valence-corrected chi connectivity index (χ2v) is 6.48. The number of halogens is 2. The molecular formula is C23H28Cl2N4O4. The highest BCUT2D eigenvalue weighted by atomic mass is 35.5. The molecule has 0 amide bonds. The van der Waals surface area contributed by atoms with E-state index in [1.165, 1.54) is 6.33 Å². The largest absolute Gasteiger partial charge is 0.487 e. The van der Waals surface area contributed by atoms with E-state index < -0.39 is 0 Å². The van der Waals surface area contributed by atoms with Crippen molar-refractivity contribution in [3.63, 3.8) is 0 Å². The summed E-state index contributed by atoms with van der Waals surface area (Å²) in [7, 11) is 1.62. The number of hydrogen-bond acceptors (Lipinski definition) is 8. The highest BCUT2D eigenvalue weighted by Gasteiger charge is 2.13. The molecule has 3 aromatic rings. The van der Waals surface area contributed by atoms with Gasteiger partial charge in [0.1, 0.15) is 25.4 Å². The monoisotopic (exact) mass is 494 g/mol. The second-order valence-electron chi connectivity index (χ2n) is 6.48. The van der Waals surface area contributed by atoms with E-state index in [-0.39, 0.29) is 24.8 Å². The van der Waals surface area contributed by atoms with Gasteiger partial charge in [-0.15, -0.1) is 31.2 Å². The van der Waals surface area contributed by atoms with Crippen molar-refractivity contribution in [2.75, 3.05) is 52.0 Å². The molecular weight excluding hydrogens is 467 g/mol. The Bertz CT molecular complexity index is 1050. The van der Waals surface area contributed by atoms with Crippen molar-refractivity contribution in [1.29, 1.82) is 0 Å². The number of nitrogens with one attached hydrogen (secondary N) is 1. The third kappa shape index (κ3) is 8.24. The molecule has 178 valence electrons. The Morgan fingerprint density at radius 3 is 2.45 bits per heavy atom. The van der Waals surface area contributed by atoms with Crippen LogP contribution >= 0.6 is 24.8 Å². The number of nitrogens with zero attached hydrogens (tertiary/aromatic N) is 2. The molecule has 0 bridgehead atoms. The minimum absolute atomic E-state index is 0. The highest BCUT2D eigenvalue weighted by Crippen LogP contribution is 2.35. The van der Waals surface area contributed by atoms with Crippen molar-refractivity contribution in [3.8, 4) is 23.8 Å². The first-order valence-electron chi connectivity index (χ1n) is 9.90. The first-order chi connectivity index (χ1) is 15.2. The summed E-state index contributed by atoms with van der Waals surface area (Å²) < 4.78 is 22.2. The number of methoxy groups -OCH3 is 1. The minimum atomic E-state index is 0. The van der Waals surface area contributed by atoms with Gasteiger partial charge in [0.2, 0.25) is 0 Å². The average Bonchev–Trinajstić information content (AvgIpc) is 2.79. The van der Waals surface area contributed by atoms with Gasteiger partial charge in [0.25, 0.3) is 0 Å². The summed E-state index contributed by atoms with van der Waals surface area (Å²) in [6.45, 7) is 2.57. The quantitative estimate of drug-likeness (QED) is 0.291. The van der Waals surface area contributed by atoms with Gasteiger partial charge < -0.3 is 30.0 Å². The Hall–Kier alpha value is -2.80. The molecule has 0 saturated carbocycles. The van der Waals surface area contributed by atoms with E-state index in [4.69, 9.17) is 31.1 Å². The molecule has 0 fully saturated rings. The standard InChI is InChI=1S/C23H26N4O4.2ClH/c1-3-17-5-4-6-18(13-17)27-23-19-14-21(31-12-10-29-8-7-24)22(30-11-9-28-2)15-20(19)25-16-26-23;;/h1,4-6,13-16H,7-12,24H2,2H3,(H,25,26,27);2*1H. The topological polar surface area (TPSA) is 101 Å². The Morgan fingerprint density at radius 2 is 1.73 bits per heavy atom.